The highest BCUT2D eigenvalue weighted by molar-refractivity contribution is 5.62. The van der Waals surface area contributed by atoms with Crippen LogP contribution in [0.4, 0.5) is 5.69 Å². The number of H-pyrrole nitrogens is 1. The van der Waals surface area contributed by atoms with Crippen LogP contribution in [0, 0.1) is 6.92 Å². The predicted molar refractivity (Wildman–Crippen MR) is 79.9 cm³/mol. The molecule has 112 valence electrons. The van der Waals surface area contributed by atoms with Gasteiger partial charge in [-0.25, -0.2) is 4.98 Å². The van der Waals surface area contributed by atoms with Crippen molar-refractivity contribution in [2.75, 3.05) is 18.5 Å². The predicted octanol–water partition coefficient (Wildman–Crippen LogP) is 2.34. The fraction of sp³-hybridized carbons (Fsp3) is 0.467. The maximum absolute atomic E-state index is 5.65. The van der Waals surface area contributed by atoms with Crippen molar-refractivity contribution in [1.82, 2.24) is 15.2 Å². The second-order valence-electron chi connectivity index (χ2n) is 5.69. The molecule has 0 amide bonds. The Bertz CT molecular complexity index is 614. The summed E-state index contributed by atoms with van der Waals surface area (Å²) in [7, 11) is 0. The first-order valence-electron chi connectivity index (χ1n) is 7.06. The van der Waals surface area contributed by atoms with Crippen molar-refractivity contribution >= 4 is 5.69 Å². The number of anilines is 1. The lowest BCUT2D eigenvalue weighted by Gasteiger charge is -2.35. The van der Waals surface area contributed by atoms with E-state index in [9.17, 15) is 0 Å². The summed E-state index contributed by atoms with van der Waals surface area (Å²) in [6.07, 6.45) is 0. The van der Waals surface area contributed by atoms with Crippen molar-refractivity contribution in [2.24, 2.45) is 0 Å². The minimum absolute atomic E-state index is 0.141. The Hall–Kier alpha value is -1.92. The maximum Gasteiger partial charge on any atom is 0.181 e. The molecule has 2 aromatic rings. The average molecular weight is 288 g/mol. The number of ether oxygens (including phenoxy) is 2. The molecular formula is C15H20N4O2. The van der Waals surface area contributed by atoms with E-state index in [0.29, 0.717) is 19.0 Å². The molecule has 0 saturated carbocycles. The van der Waals surface area contributed by atoms with Crippen molar-refractivity contribution in [3.8, 4) is 11.4 Å². The molecule has 0 spiro atoms. The van der Waals surface area contributed by atoms with Gasteiger partial charge in [0, 0.05) is 11.3 Å². The van der Waals surface area contributed by atoms with Gasteiger partial charge in [-0.1, -0.05) is 12.1 Å². The largest absolute Gasteiger partial charge is 0.378 e. The molecule has 2 N–H and O–H groups in total. The highest BCUT2D eigenvalue weighted by atomic mass is 16.7. The van der Waals surface area contributed by atoms with Crippen molar-refractivity contribution in [3.05, 3.63) is 30.1 Å². The van der Waals surface area contributed by atoms with Gasteiger partial charge in [0.2, 0.25) is 0 Å². The summed E-state index contributed by atoms with van der Waals surface area (Å²) < 4.78 is 11.3. The van der Waals surface area contributed by atoms with Crippen LogP contribution >= 0.6 is 0 Å². The molecule has 0 aliphatic carbocycles. The van der Waals surface area contributed by atoms with E-state index in [1.54, 1.807) is 0 Å². The normalized spacial score (nSPS) is 18.6. The van der Waals surface area contributed by atoms with E-state index in [0.717, 1.165) is 17.1 Å². The number of aromatic nitrogens is 3. The summed E-state index contributed by atoms with van der Waals surface area (Å²) >= 11 is 0. The second-order valence-corrected chi connectivity index (χ2v) is 5.69. The van der Waals surface area contributed by atoms with E-state index in [4.69, 9.17) is 9.47 Å². The summed E-state index contributed by atoms with van der Waals surface area (Å²) in [5, 5.41) is 10.5. The third kappa shape index (κ3) is 3.40. The zero-order valence-corrected chi connectivity index (χ0v) is 12.5. The first kappa shape index (κ1) is 14.0. The van der Waals surface area contributed by atoms with Crippen LogP contribution < -0.4 is 5.32 Å². The smallest absolute Gasteiger partial charge is 0.181 e. The van der Waals surface area contributed by atoms with Crippen molar-refractivity contribution < 1.29 is 9.47 Å². The topological polar surface area (TPSA) is 72.1 Å². The van der Waals surface area contributed by atoms with E-state index >= 15 is 0 Å². The van der Waals surface area contributed by atoms with Gasteiger partial charge in [0.15, 0.2) is 11.6 Å². The standard InChI is InChI=1S/C15H20N4O2/c1-10-16-14(19-18-10)11-5-4-6-12(7-11)17-13-8-20-15(2,3)21-9-13/h4-7,13,17H,8-9H2,1-3H3,(H,16,18,19). The number of nitrogens with zero attached hydrogens (tertiary/aromatic N) is 2. The SMILES string of the molecule is Cc1nc(-c2cccc(NC3COC(C)(C)OC3)c2)n[nH]1. The van der Waals surface area contributed by atoms with Crippen molar-refractivity contribution in [1.29, 1.82) is 0 Å². The zero-order valence-electron chi connectivity index (χ0n) is 12.5. The van der Waals surface area contributed by atoms with Crippen LogP contribution in [0.3, 0.4) is 0 Å². The molecule has 1 aromatic carbocycles. The molecule has 1 fully saturated rings. The van der Waals surface area contributed by atoms with E-state index in [1.165, 1.54) is 0 Å². The summed E-state index contributed by atoms with van der Waals surface area (Å²) in [5.74, 6) is 1.02. The number of aromatic amines is 1. The van der Waals surface area contributed by atoms with Gasteiger partial charge in [0.05, 0.1) is 19.3 Å². The molecular weight excluding hydrogens is 268 g/mol. The molecule has 6 heteroatoms. The molecule has 1 aliphatic heterocycles. The Morgan fingerprint density at radius 2 is 2.05 bits per heavy atom. The van der Waals surface area contributed by atoms with Crippen LogP contribution in [-0.4, -0.2) is 40.2 Å². The molecule has 1 aliphatic rings. The van der Waals surface area contributed by atoms with Crippen LogP contribution in [0.15, 0.2) is 24.3 Å². The molecule has 0 radical (unpaired) electrons. The first-order chi connectivity index (χ1) is 10.0. The van der Waals surface area contributed by atoms with Gasteiger partial charge in [-0.2, -0.15) is 5.10 Å². The van der Waals surface area contributed by atoms with Crippen LogP contribution in [0.1, 0.15) is 19.7 Å². The van der Waals surface area contributed by atoms with Gasteiger partial charge < -0.3 is 14.8 Å². The lowest BCUT2D eigenvalue weighted by Crippen LogP contribution is -2.45. The van der Waals surface area contributed by atoms with Gasteiger partial charge in [-0.15, -0.1) is 0 Å². The van der Waals surface area contributed by atoms with Gasteiger partial charge in [0.1, 0.15) is 5.82 Å². The zero-order chi connectivity index (χ0) is 14.9. The Morgan fingerprint density at radius 3 is 2.71 bits per heavy atom. The third-order valence-electron chi connectivity index (χ3n) is 3.35. The van der Waals surface area contributed by atoms with Crippen LogP contribution in [0.25, 0.3) is 11.4 Å². The number of aryl methyl sites for hydroxylation is 1. The van der Waals surface area contributed by atoms with E-state index < -0.39 is 5.79 Å². The van der Waals surface area contributed by atoms with E-state index in [2.05, 4.69) is 20.5 Å². The first-order valence-corrected chi connectivity index (χ1v) is 7.06. The fourth-order valence-electron chi connectivity index (χ4n) is 2.23. The monoisotopic (exact) mass is 288 g/mol. The Morgan fingerprint density at radius 1 is 1.29 bits per heavy atom. The van der Waals surface area contributed by atoms with Crippen molar-refractivity contribution in [3.63, 3.8) is 0 Å². The Balaban J connectivity index is 1.69. The highest BCUT2D eigenvalue weighted by Gasteiger charge is 2.28. The Kier molecular flexibility index (Phi) is 3.65. The lowest BCUT2D eigenvalue weighted by atomic mass is 10.1. The van der Waals surface area contributed by atoms with Gasteiger partial charge in [-0.05, 0) is 32.9 Å². The average Bonchev–Trinajstić information content (AvgIpc) is 2.88. The summed E-state index contributed by atoms with van der Waals surface area (Å²) in [4.78, 5) is 4.34. The van der Waals surface area contributed by atoms with Crippen LogP contribution in [0.5, 0.6) is 0 Å². The number of rotatable bonds is 3. The molecule has 0 atom stereocenters. The summed E-state index contributed by atoms with van der Waals surface area (Å²) in [6.45, 7) is 6.98. The molecule has 6 nitrogen and oxygen atoms in total. The third-order valence-corrected chi connectivity index (χ3v) is 3.35. The lowest BCUT2D eigenvalue weighted by molar-refractivity contribution is -0.247. The molecule has 21 heavy (non-hydrogen) atoms. The van der Waals surface area contributed by atoms with Gasteiger partial charge in [-0.3, -0.25) is 5.10 Å². The Labute approximate surface area is 123 Å². The number of benzene rings is 1. The number of hydrogen-bond donors (Lipinski definition) is 2. The summed E-state index contributed by atoms with van der Waals surface area (Å²) in [5.41, 5.74) is 1.98. The molecule has 1 aromatic heterocycles. The molecule has 0 bridgehead atoms. The molecule has 1 saturated heterocycles. The maximum atomic E-state index is 5.65. The highest BCUT2D eigenvalue weighted by Crippen LogP contribution is 2.22. The molecule has 0 unspecified atom stereocenters. The quantitative estimate of drug-likeness (QED) is 0.907. The van der Waals surface area contributed by atoms with E-state index in [-0.39, 0.29) is 6.04 Å². The van der Waals surface area contributed by atoms with E-state index in [1.807, 2.05) is 45.0 Å². The van der Waals surface area contributed by atoms with Gasteiger partial charge >= 0.3 is 0 Å². The van der Waals surface area contributed by atoms with Crippen LogP contribution in [-0.2, 0) is 9.47 Å². The number of hydrogen-bond acceptors (Lipinski definition) is 5. The van der Waals surface area contributed by atoms with Crippen LogP contribution in [0.2, 0.25) is 0 Å². The molecule has 2 heterocycles. The fourth-order valence-corrected chi connectivity index (χ4v) is 2.23. The summed E-state index contributed by atoms with van der Waals surface area (Å²) in [6, 6.07) is 8.16. The minimum atomic E-state index is -0.490. The van der Waals surface area contributed by atoms with Crippen molar-refractivity contribution in [2.45, 2.75) is 32.6 Å². The molecule has 3 rings (SSSR count). The number of nitrogens with one attached hydrogen (secondary N) is 2. The second kappa shape index (κ2) is 5.46. The minimum Gasteiger partial charge on any atom is -0.378 e. The van der Waals surface area contributed by atoms with Gasteiger partial charge in [0.25, 0.3) is 0 Å².